The fraction of sp³-hybridized carbons (Fsp3) is 0.182. The quantitative estimate of drug-likeness (QED) is 0.419. The summed E-state index contributed by atoms with van der Waals surface area (Å²) in [6, 6.07) is 4.02. The minimum absolute atomic E-state index is 0.00592. The summed E-state index contributed by atoms with van der Waals surface area (Å²) in [7, 11) is 0. The number of halogens is 2. The topological polar surface area (TPSA) is 113 Å². The van der Waals surface area contributed by atoms with Crippen LogP contribution in [0.5, 0.6) is 5.88 Å². The van der Waals surface area contributed by atoms with Gasteiger partial charge in [0.05, 0.1) is 16.8 Å². The van der Waals surface area contributed by atoms with Crippen molar-refractivity contribution >= 4 is 27.5 Å². The first-order valence-electron chi connectivity index (χ1n) is 5.66. The van der Waals surface area contributed by atoms with E-state index >= 15 is 0 Å². The second kappa shape index (κ2) is 7.11. The minimum atomic E-state index is -0.442. The van der Waals surface area contributed by atoms with E-state index < -0.39 is 5.82 Å². The number of nitrogens with zero attached hydrogens (tertiary/aromatic N) is 3. The second-order valence-corrected chi connectivity index (χ2v) is 4.52. The number of aliphatic hydroxyl groups is 1. The number of nitrogens with one attached hydrogen (secondary N) is 1. The van der Waals surface area contributed by atoms with Crippen molar-refractivity contribution in [1.29, 1.82) is 0 Å². The smallest absolute Gasteiger partial charge is 0.287 e. The molecule has 2 aromatic rings. The van der Waals surface area contributed by atoms with E-state index in [2.05, 4.69) is 35.9 Å². The average molecular weight is 361 g/mol. The summed E-state index contributed by atoms with van der Waals surface area (Å²) < 4.78 is 22.9. The molecule has 3 N–H and O–H groups in total. The molecule has 0 atom stereocenters. The number of aliphatic imine (C=N–C) groups is 1. The number of benzene rings is 1. The third-order valence-electron chi connectivity index (χ3n) is 2.26. The summed E-state index contributed by atoms with van der Waals surface area (Å²) in [4.78, 5) is 4.04. The number of hydroxylamine groups is 1. The van der Waals surface area contributed by atoms with E-state index in [9.17, 15) is 4.39 Å². The molecule has 0 aliphatic rings. The number of rotatable bonds is 5. The standard InChI is InChI=1S/C11H10BrFN4O4/c12-7-5-6(1-2-8(7)13)14-10(15-19)9-11(17-21-16-9)20-4-3-18/h1-2,5,18-19H,3-4H2,(H,14,15). The van der Waals surface area contributed by atoms with Crippen LogP contribution >= 0.6 is 15.9 Å². The zero-order valence-corrected chi connectivity index (χ0v) is 12.0. The predicted octanol–water partition coefficient (Wildman–Crippen LogP) is 1.40. The van der Waals surface area contributed by atoms with E-state index in [1.54, 1.807) is 0 Å². The maximum Gasteiger partial charge on any atom is 0.287 e. The molecule has 2 rings (SSSR count). The molecular weight excluding hydrogens is 351 g/mol. The lowest BCUT2D eigenvalue weighted by Crippen LogP contribution is -2.21. The molecular formula is C11H10BrFN4O4. The first-order valence-corrected chi connectivity index (χ1v) is 6.45. The molecule has 1 heterocycles. The van der Waals surface area contributed by atoms with Gasteiger partial charge in [0.15, 0.2) is 5.84 Å². The van der Waals surface area contributed by atoms with Crippen molar-refractivity contribution in [2.45, 2.75) is 0 Å². The zero-order chi connectivity index (χ0) is 15.2. The summed E-state index contributed by atoms with van der Waals surface area (Å²) in [6.45, 7) is -0.252. The van der Waals surface area contributed by atoms with Crippen LogP contribution in [0.2, 0.25) is 0 Å². The van der Waals surface area contributed by atoms with Crippen LogP contribution < -0.4 is 10.2 Å². The van der Waals surface area contributed by atoms with Crippen molar-refractivity contribution in [2.75, 3.05) is 13.2 Å². The van der Waals surface area contributed by atoms with Gasteiger partial charge in [-0.1, -0.05) is 0 Å². The summed E-state index contributed by atoms with van der Waals surface area (Å²) >= 11 is 3.03. The molecule has 8 nitrogen and oxygen atoms in total. The zero-order valence-electron chi connectivity index (χ0n) is 10.5. The number of hydrogen-bond donors (Lipinski definition) is 3. The minimum Gasteiger partial charge on any atom is -0.471 e. The molecule has 21 heavy (non-hydrogen) atoms. The Morgan fingerprint density at radius 3 is 2.95 bits per heavy atom. The molecule has 0 amide bonds. The molecule has 0 saturated heterocycles. The maximum atomic E-state index is 13.2. The number of aliphatic hydroxyl groups excluding tert-OH is 1. The molecule has 112 valence electrons. The largest absolute Gasteiger partial charge is 0.471 e. The molecule has 1 aromatic carbocycles. The van der Waals surface area contributed by atoms with Gasteiger partial charge in [0.2, 0.25) is 5.69 Å². The van der Waals surface area contributed by atoms with E-state index in [0.717, 1.165) is 0 Å². The highest BCUT2D eigenvalue weighted by Gasteiger charge is 2.18. The van der Waals surface area contributed by atoms with Crippen molar-refractivity contribution in [3.05, 3.63) is 34.2 Å². The number of amidine groups is 1. The molecule has 0 radical (unpaired) electrons. The van der Waals surface area contributed by atoms with Crippen molar-refractivity contribution in [2.24, 2.45) is 4.99 Å². The molecule has 0 saturated carbocycles. The third kappa shape index (κ3) is 3.74. The van der Waals surface area contributed by atoms with Gasteiger partial charge < -0.3 is 9.84 Å². The molecule has 0 aliphatic heterocycles. The Labute approximate surface area is 126 Å². The number of ether oxygens (including phenoxy) is 1. The van der Waals surface area contributed by atoms with E-state index in [1.165, 1.54) is 18.2 Å². The van der Waals surface area contributed by atoms with E-state index in [1.807, 2.05) is 5.48 Å². The summed E-state index contributed by atoms with van der Waals surface area (Å²) in [6.07, 6.45) is 0. The van der Waals surface area contributed by atoms with Crippen LogP contribution in [0.4, 0.5) is 10.1 Å². The van der Waals surface area contributed by atoms with Crippen molar-refractivity contribution in [3.8, 4) is 5.88 Å². The molecule has 0 aliphatic carbocycles. The monoisotopic (exact) mass is 360 g/mol. The van der Waals surface area contributed by atoms with Gasteiger partial charge in [0.25, 0.3) is 5.88 Å². The van der Waals surface area contributed by atoms with Crippen LogP contribution in [-0.2, 0) is 0 Å². The molecule has 0 spiro atoms. The molecule has 10 heteroatoms. The van der Waals surface area contributed by atoms with Gasteiger partial charge in [0.1, 0.15) is 12.4 Å². The number of hydrogen-bond acceptors (Lipinski definition) is 7. The van der Waals surface area contributed by atoms with Gasteiger partial charge >= 0.3 is 0 Å². The molecule has 0 unspecified atom stereocenters. The van der Waals surface area contributed by atoms with Gasteiger partial charge in [-0.25, -0.2) is 14.0 Å². The third-order valence-corrected chi connectivity index (χ3v) is 2.87. The van der Waals surface area contributed by atoms with Crippen molar-refractivity contribution < 1.29 is 24.1 Å². The van der Waals surface area contributed by atoms with Gasteiger partial charge in [-0.05, 0) is 44.4 Å². The highest BCUT2D eigenvalue weighted by molar-refractivity contribution is 9.10. The fourth-order valence-corrected chi connectivity index (χ4v) is 1.74. The number of aromatic nitrogens is 2. The Morgan fingerprint density at radius 1 is 1.48 bits per heavy atom. The Balaban J connectivity index is 2.32. The highest BCUT2D eigenvalue weighted by Crippen LogP contribution is 2.23. The average Bonchev–Trinajstić information content (AvgIpc) is 2.94. The van der Waals surface area contributed by atoms with E-state index in [-0.39, 0.29) is 35.1 Å². The Hall–Kier alpha value is -2.04. The van der Waals surface area contributed by atoms with Gasteiger partial charge in [0, 0.05) is 0 Å². The highest BCUT2D eigenvalue weighted by atomic mass is 79.9. The van der Waals surface area contributed by atoms with Crippen molar-refractivity contribution in [1.82, 2.24) is 15.8 Å². The molecule has 0 fully saturated rings. The normalized spacial score (nSPS) is 11.5. The van der Waals surface area contributed by atoms with Crippen LogP contribution in [0, 0.1) is 5.82 Å². The van der Waals surface area contributed by atoms with Crippen LogP contribution in [0.1, 0.15) is 5.69 Å². The maximum absolute atomic E-state index is 13.2. The Kier molecular flexibility index (Phi) is 5.20. The Bertz CT molecular complexity index is 649. The summed E-state index contributed by atoms with van der Waals surface area (Å²) in [5, 5.41) is 24.9. The first kappa shape index (κ1) is 15.4. The van der Waals surface area contributed by atoms with E-state index in [0.29, 0.717) is 5.69 Å². The molecule has 0 bridgehead atoms. The van der Waals surface area contributed by atoms with Gasteiger partial charge in [-0.3, -0.25) is 10.7 Å². The van der Waals surface area contributed by atoms with Gasteiger partial charge in [-0.2, -0.15) is 0 Å². The first-order chi connectivity index (χ1) is 10.2. The fourth-order valence-electron chi connectivity index (χ4n) is 1.38. The van der Waals surface area contributed by atoms with Crippen LogP contribution in [-0.4, -0.2) is 39.7 Å². The lowest BCUT2D eigenvalue weighted by molar-refractivity contribution is 0.187. The van der Waals surface area contributed by atoms with Crippen LogP contribution in [0.3, 0.4) is 0 Å². The second-order valence-electron chi connectivity index (χ2n) is 3.66. The predicted molar refractivity (Wildman–Crippen MR) is 72.1 cm³/mol. The van der Waals surface area contributed by atoms with Gasteiger partial charge in [-0.15, -0.1) is 0 Å². The van der Waals surface area contributed by atoms with Crippen molar-refractivity contribution in [3.63, 3.8) is 0 Å². The molecule has 1 aromatic heterocycles. The lowest BCUT2D eigenvalue weighted by Gasteiger charge is -2.04. The summed E-state index contributed by atoms with van der Waals surface area (Å²) in [5.41, 5.74) is 2.19. The summed E-state index contributed by atoms with van der Waals surface area (Å²) in [5.74, 6) is -0.601. The lowest BCUT2D eigenvalue weighted by atomic mass is 10.3. The van der Waals surface area contributed by atoms with Crippen LogP contribution in [0.15, 0.2) is 32.3 Å². The Morgan fingerprint density at radius 2 is 2.29 bits per heavy atom. The van der Waals surface area contributed by atoms with Crippen LogP contribution in [0.25, 0.3) is 0 Å². The SMILES string of the molecule is OCCOc1nonc1C(=Nc1ccc(F)c(Br)c1)NO. The van der Waals surface area contributed by atoms with E-state index in [4.69, 9.17) is 15.1 Å².